The third-order valence-electron chi connectivity index (χ3n) is 4.36. The molecular formula is C19H16N4O3. The number of H-pyrrole nitrogens is 1. The molecule has 2 aromatic heterocycles. The van der Waals surface area contributed by atoms with E-state index in [0.29, 0.717) is 11.1 Å². The highest BCUT2D eigenvalue weighted by molar-refractivity contribution is 6.00. The van der Waals surface area contributed by atoms with Gasteiger partial charge in [-0.25, -0.2) is 4.68 Å². The van der Waals surface area contributed by atoms with Gasteiger partial charge in [-0.15, -0.1) is 0 Å². The molecule has 0 saturated carbocycles. The topological polar surface area (TPSA) is 88.9 Å². The molecule has 0 bridgehead atoms. The van der Waals surface area contributed by atoms with Crippen LogP contribution in [0, 0.1) is 0 Å². The molecule has 0 aliphatic heterocycles. The summed E-state index contributed by atoms with van der Waals surface area (Å²) in [6, 6.07) is 14.1. The number of nitrogens with one attached hydrogen (secondary N) is 2. The molecule has 2 N–H and O–H groups in total. The van der Waals surface area contributed by atoms with Crippen LogP contribution in [0.5, 0.6) is 0 Å². The van der Waals surface area contributed by atoms with Crippen LogP contribution >= 0.6 is 0 Å². The highest BCUT2D eigenvalue weighted by Gasteiger charge is 2.12. The Labute approximate surface area is 147 Å². The third-order valence-corrected chi connectivity index (χ3v) is 4.36. The standard InChI is InChI=1S/C19H16N4O3/c1-22-10-9-12-5-4-8-15(17(12)22)20-16(24)11-23-19(26)14-7-3-2-6-13(14)18(25)21-23/h2-10H,11H2,1H3,(H,20,24)(H,21,25). The highest BCUT2D eigenvalue weighted by atomic mass is 16.2. The first kappa shape index (κ1) is 15.9. The van der Waals surface area contributed by atoms with E-state index in [2.05, 4.69) is 10.4 Å². The minimum Gasteiger partial charge on any atom is -0.349 e. The monoisotopic (exact) mass is 348 g/mol. The van der Waals surface area contributed by atoms with Crippen molar-refractivity contribution >= 4 is 33.3 Å². The van der Waals surface area contributed by atoms with Gasteiger partial charge in [0.15, 0.2) is 0 Å². The molecule has 0 atom stereocenters. The average molecular weight is 348 g/mol. The van der Waals surface area contributed by atoms with E-state index in [1.807, 2.05) is 36.0 Å². The second-order valence-corrected chi connectivity index (χ2v) is 6.10. The first-order valence-electron chi connectivity index (χ1n) is 8.10. The Balaban J connectivity index is 1.68. The molecule has 7 heteroatoms. The maximum absolute atomic E-state index is 12.5. The number of para-hydroxylation sites is 1. The fourth-order valence-electron chi connectivity index (χ4n) is 3.15. The number of rotatable bonds is 3. The Morgan fingerprint density at radius 1 is 1.04 bits per heavy atom. The van der Waals surface area contributed by atoms with Crippen LogP contribution < -0.4 is 16.4 Å². The number of benzene rings is 2. The second kappa shape index (κ2) is 6.03. The van der Waals surface area contributed by atoms with Crippen molar-refractivity contribution in [2.45, 2.75) is 6.54 Å². The zero-order valence-electron chi connectivity index (χ0n) is 14.0. The number of aromatic amines is 1. The molecule has 26 heavy (non-hydrogen) atoms. The van der Waals surface area contributed by atoms with Gasteiger partial charge in [0.05, 0.1) is 22.0 Å². The predicted octanol–water partition coefficient (Wildman–Crippen LogP) is 1.82. The van der Waals surface area contributed by atoms with Crippen molar-refractivity contribution in [1.29, 1.82) is 0 Å². The van der Waals surface area contributed by atoms with E-state index >= 15 is 0 Å². The lowest BCUT2D eigenvalue weighted by molar-refractivity contribution is -0.117. The highest BCUT2D eigenvalue weighted by Crippen LogP contribution is 2.23. The van der Waals surface area contributed by atoms with Gasteiger partial charge in [-0.05, 0) is 24.3 Å². The van der Waals surface area contributed by atoms with Crippen LogP contribution in [0.4, 0.5) is 5.69 Å². The van der Waals surface area contributed by atoms with Gasteiger partial charge in [0.2, 0.25) is 5.91 Å². The molecule has 2 aromatic carbocycles. The molecule has 0 aliphatic carbocycles. The minimum absolute atomic E-state index is 0.278. The second-order valence-electron chi connectivity index (χ2n) is 6.10. The van der Waals surface area contributed by atoms with Crippen LogP contribution in [0.2, 0.25) is 0 Å². The smallest absolute Gasteiger partial charge is 0.273 e. The van der Waals surface area contributed by atoms with Gasteiger partial charge in [-0.2, -0.15) is 0 Å². The van der Waals surface area contributed by atoms with Crippen molar-refractivity contribution in [2.75, 3.05) is 5.32 Å². The van der Waals surface area contributed by atoms with Gasteiger partial charge in [0, 0.05) is 18.6 Å². The number of fused-ring (bicyclic) bond motifs is 2. The molecule has 0 unspecified atom stereocenters. The molecule has 0 fully saturated rings. The van der Waals surface area contributed by atoms with Crippen molar-refractivity contribution in [3.05, 3.63) is 75.4 Å². The Kier molecular flexibility index (Phi) is 3.69. The zero-order chi connectivity index (χ0) is 18.3. The van der Waals surface area contributed by atoms with Crippen LogP contribution in [0.1, 0.15) is 0 Å². The first-order valence-corrected chi connectivity index (χ1v) is 8.10. The molecule has 0 spiro atoms. The quantitative estimate of drug-likeness (QED) is 0.592. The lowest BCUT2D eigenvalue weighted by atomic mass is 10.2. The van der Waals surface area contributed by atoms with Crippen molar-refractivity contribution < 1.29 is 4.79 Å². The SMILES string of the molecule is Cn1ccc2cccc(NC(=O)Cn3[nH]c(=O)c4ccccc4c3=O)c21. The molecule has 130 valence electrons. The van der Waals surface area contributed by atoms with Crippen LogP contribution in [-0.4, -0.2) is 20.3 Å². The zero-order valence-corrected chi connectivity index (χ0v) is 14.0. The van der Waals surface area contributed by atoms with Gasteiger partial charge in [0.1, 0.15) is 6.54 Å². The van der Waals surface area contributed by atoms with E-state index in [1.165, 1.54) is 0 Å². The van der Waals surface area contributed by atoms with Crippen molar-refractivity contribution in [2.24, 2.45) is 7.05 Å². The number of carbonyl (C=O) groups excluding carboxylic acids is 1. The largest absolute Gasteiger partial charge is 0.349 e. The number of anilines is 1. The molecule has 0 saturated heterocycles. The van der Waals surface area contributed by atoms with Gasteiger partial charge in [0.25, 0.3) is 11.1 Å². The maximum Gasteiger partial charge on any atom is 0.273 e. The molecule has 0 radical (unpaired) electrons. The Hall–Kier alpha value is -3.61. The summed E-state index contributed by atoms with van der Waals surface area (Å²) in [6.45, 7) is -0.278. The molecule has 4 aromatic rings. The summed E-state index contributed by atoms with van der Waals surface area (Å²) in [5, 5.41) is 6.87. The van der Waals surface area contributed by atoms with Crippen molar-refractivity contribution in [3.8, 4) is 0 Å². The predicted molar refractivity (Wildman–Crippen MR) is 100 cm³/mol. The molecule has 0 aliphatic rings. The summed E-state index contributed by atoms with van der Waals surface area (Å²) in [5.41, 5.74) is 0.723. The third kappa shape index (κ3) is 2.59. The number of hydrogen-bond acceptors (Lipinski definition) is 3. The van der Waals surface area contributed by atoms with E-state index in [1.54, 1.807) is 30.3 Å². The Morgan fingerprint density at radius 2 is 1.81 bits per heavy atom. The Morgan fingerprint density at radius 3 is 2.62 bits per heavy atom. The summed E-state index contributed by atoms with van der Waals surface area (Å²) in [4.78, 5) is 37.1. The molecular weight excluding hydrogens is 332 g/mol. The maximum atomic E-state index is 12.5. The summed E-state index contributed by atoms with van der Waals surface area (Å²) in [5.74, 6) is -0.397. The van der Waals surface area contributed by atoms with Crippen molar-refractivity contribution in [3.63, 3.8) is 0 Å². The number of aromatic nitrogens is 3. The van der Waals surface area contributed by atoms with Crippen LogP contribution in [0.25, 0.3) is 21.7 Å². The molecule has 2 heterocycles. The number of amides is 1. The van der Waals surface area contributed by atoms with E-state index in [0.717, 1.165) is 15.6 Å². The fraction of sp³-hybridized carbons (Fsp3) is 0.105. The van der Waals surface area contributed by atoms with Crippen LogP contribution in [0.3, 0.4) is 0 Å². The lowest BCUT2D eigenvalue weighted by Gasteiger charge is -2.10. The first-order chi connectivity index (χ1) is 12.5. The van der Waals surface area contributed by atoms with Gasteiger partial charge in [-0.3, -0.25) is 19.5 Å². The van der Waals surface area contributed by atoms with E-state index in [4.69, 9.17) is 0 Å². The Bertz CT molecular complexity index is 1260. The van der Waals surface area contributed by atoms with Crippen molar-refractivity contribution in [1.82, 2.24) is 14.3 Å². The number of hydrogen-bond donors (Lipinski definition) is 2. The van der Waals surface area contributed by atoms with E-state index < -0.39 is 17.0 Å². The summed E-state index contributed by atoms with van der Waals surface area (Å²) in [6.07, 6.45) is 1.91. The number of nitrogens with zero attached hydrogens (tertiary/aromatic N) is 2. The summed E-state index contributed by atoms with van der Waals surface area (Å²) >= 11 is 0. The molecule has 1 amide bonds. The van der Waals surface area contributed by atoms with Crippen LogP contribution in [0.15, 0.2) is 64.3 Å². The molecule has 7 nitrogen and oxygen atoms in total. The number of carbonyl (C=O) groups is 1. The summed E-state index contributed by atoms with van der Waals surface area (Å²) < 4.78 is 2.94. The summed E-state index contributed by atoms with van der Waals surface area (Å²) in [7, 11) is 1.89. The minimum atomic E-state index is -0.410. The normalized spacial score (nSPS) is 11.1. The average Bonchev–Trinajstić information content (AvgIpc) is 3.02. The lowest BCUT2D eigenvalue weighted by Crippen LogP contribution is -2.34. The van der Waals surface area contributed by atoms with Crippen LogP contribution in [-0.2, 0) is 18.4 Å². The van der Waals surface area contributed by atoms with E-state index in [-0.39, 0.29) is 11.9 Å². The van der Waals surface area contributed by atoms with Gasteiger partial charge >= 0.3 is 0 Å². The van der Waals surface area contributed by atoms with Gasteiger partial charge < -0.3 is 9.88 Å². The molecule has 4 rings (SSSR count). The fourth-order valence-corrected chi connectivity index (χ4v) is 3.15. The van der Waals surface area contributed by atoms with Gasteiger partial charge in [-0.1, -0.05) is 24.3 Å². The number of aryl methyl sites for hydroxylation is 1. The van der Waals surface area contributed by atoms with E-state index in [9.17, 15) is 14.4 Å².